The van der Waals surface area contributed by atoms with Crippen molar-refractivity contribution in [1.29, 1.82) is 0 Å². The van der Waals surface area contributed by atoms with Gasteiger partial charge in [0.25, 0.3) is 0 Å². The van der Waals surface area contributed by atoms with Gasteiger partial charge in [0, 0.05) is 11.1 Å². The van der Waals surface area contributed by atoms with E-state index in [4.69, 9.17) is 10.5 Å². The summed E-state index contributed by atoms with van der Waals surface area (Å²) in [7, 11) is 0. The predicted octanol–water partition coefficient (Wildman–Crippen LogP) is 2.42. The largest absolute Gasteiger partial charge is 0.489 e. The molecule has 1 heterocycles. The summed E-state index contributed by atoms with van der Waals surface area (Å²) in [5.74, 6) is 0.666. The van der Waals surface area contributed by atoms with Gasteiger partial charge in [0.15, 0.2) is 0 Å². The van der Waals surface area contributed by atoms with Crippen LogP contribution in [0.3, 0.4) is 0 Å². The Balaban J connectivity index is 2.10. The highest BCUT2D eigenvalue weighted by Gasteiger charge is 2.07. The lowest BCUT2D eigenvalue weighted by Crippen LogP contribution is -2.09. The van der Waals surface area contributed by atoms with Gasteiger partial charge in [0.1, 0.15) is 5.75 Å². The topological polar surface area (TPSA) is 80.1 Å². The van der Waals surface area contributed by atoms with Gasteiger partial charge < -0.3 is 20.8 Å². The fourth-order valence-electron chi connectivity index (χ4n) is 1.65. The number of hydrogen-bond donors (Lipinski definition) is 3. The van der Waals surface area contributed by atoms with Crippen molar-refractivity contribution >= 4 is 22.7 Å². The van der Waals surface area contributed by atoms with Crippen molar-refractivity contribution in [2.24, 2.45) is 0 Å². The Labute approximate surface area is 115 Å². The number of nitrogen functional groups attached to an aromatic ring is 1. The molecule has 0 amide bonds. The van der Waals surface area contributed by atoms with Crippen LogP contribution >= 0.6 is 11.3 Å². The van der Waals surface area contributed by atoms with Crippen molar-refractivity contribution in [3.05, 3.63) is 38.9 Å². The maximum Gasteiger partial charge on any atom is 0.304 e. The van der Waals surface area contributed by atoms with Crippen molar-refractivity contribution in [2.75, 3.05) is 11.1 Å². The third-order valence-corrected chi connectivity index (χ3v) is 3.19. The molecule has 4 N–H and O–H groups in total. The number of nitrogens with two attached hydrogens (primary N) is 1. The molecule has 2 rings (SSSR count). The van der Waals surface area contributed by atoms with Gasteiger partial charge in [0.05, 0.1) is 24.0 Å². The van der Waals surface area contributed by atoms with Crippen LogP contribution in [-0.4, -0.2) is 11.1 Å². The zero-order valence-corrected chi connectivity index (χ0v) is 11.7. The molecule has 0 bridgehead atoms. The van der Waals surface area contributed by atoms with Gasteiger partial charge in [-0.1, -0.05) is 17.4 Å². The number of anilines is 2. The second kappa shape index (κ2) is 5.79. The van der Waals surface area contributed by atoms with Crippen LogP contribution in [0, 0.1) is 0 Å². The fraction of sp³-hybridized carbons (Fsp3) is 0.308. The molecule has 0 fully saturated rings. The van der Waals surface area contributed by atoms with Crippen LogP contribution in [0.15, 0.2) is 28.4 Å². The number of rotatable bonds is 5. The zero-order chi connectivity index (χ0) is 13.8. The van der Waals surface area contributed by atoms with Crippen LogP contribution in [0.2, 0.25) is 0 Å². The maximum atomic E-state index is 11.0. The second-order valence-corrected chi connectivity index (χ2v) is 5.25. The minimum Gasteiger partial charge on any atom is -0.489 e. The predicted molar refractivity (Wildman–Crippen MR) is 78.9 cm³/mol. The monoisotopic (exact) mass is 279 g/mol. The third-order valence-electron chi connectivity index (χ3n) is 2.47. The summed E-state index contributed by atoms with van der Waals surface area (Å²) >= 11 is 1.15. The number of para-hydroxylation sites is 1. The van der Waals surface area contributed by atoms with E-state index in [1.54, 1.807) is 5.38 Å². The molecule has 0 saturated carbocycles. The van der Waals surface area contributed by atoms with Crippen LogP contribution in [0.25, 0.3) is 0 Å². The Morgan fingerprint density at radius 2 is 2.26 bits per heavy atom. The Morgan fingerprint density at radius 1 is 1.47 bits per heavy atom. The SMILES string of the molecule is CC(C)Oc1cccc(NCc2csc(=O)[nH]2)c1N. The Bertz CT molecular complexity index is 604. The smallest absolute Gasteiger partial charge is 0.304 e. The normalized spacial score (nSPS) is 10.7. The van der Waals surface area contributed by atoms with E-state index in [1.165, 1.54) is 0 Å². The lowest BCUT2D eigenvalue weighted by atomic mass is 10.2. The van der Waals surface area contributed by atoms with E-state index < -0.39 is 0 Å². The molecule has 0 unspecified atom stereocenters. The molecule has 0 aliphatic heterocycles. The molecule has 5 nitrogen and oxygen atoms in total. The van der Waals surface area contributed by atoms with E-state index in [-0.39, 0.29) is 11.0 Å². The quantitative estimate of drug-likeness (QED) is 0.734. The van der Waals surface area contributed by atoms with Gasteiger partial charge in [-0.25, -0.2) is 0 Å². The van der Waals surface area contributed by atoms with Crippen molar-refractivity contribution in [3.8, 4) is 5.75 Å². The average Bonchev–Trinajstić information content (AvgIpc) is 2.76. The van der Waals surface area contributed by atoms with E-state index in [0.717, 1.165) is 22.7 Å². The van der Waals surface area contributed by atoms with Crippen LogP contribution < -0.4 is 20.7 Å². The van der Waals surface area contributed by atoms with E-state index in [1.807, 2.05) is 32.0 Å². The highest BCUT2D eigenvalue weighted by molar-refractivity contribution is 7.07. The zero-order valence-electron chi connectivity index (χ0n) is 10.9. The number of nitrogens with one attached hydrogen (secondary N) is 2. The molecule has 0 radical (unpaired) electrons. The van der Waals surface area contributed by atoms with Crippen LogP contribution in [0.1, 0.15) is 19.5 Å². The van der Waals surface area contributed by atoms with E-state index in [9.17, 15) is 4.79 Å². The molecular weight excluding hydrogens is 262 g/mol. The summed E-state index contributed by atoms with van der Waals surface area (Å²) in [5, 5.41) is 4.98. The van der Waals surface area contributed by atoms with Crippen molar-refractivity contribution < 1.29 is 4.74 Å². The number of thiazole rings is 1. The first-order valence-corrected chi connectivity index (χ1v) is 6.90. The molecule has 1 aromatic carbocycles. The summed E-state index contributed by atoms with van der Waals surface area (Å²) in [6.45, 7) is 4.43. The van der Waals surface area contributed by atoms with Crippen LogP contribution in [0.4, 0.5) is 11.4 Å². The first-order valence-electron chi connectivity index (χ1n) is 6.02. The minimum atomic E-state index is -0.0540. The van der Waals surface area contributed by atoms with Gasteiger partial charge in [0.2, 0.25) is 0 Å². The molecule has 0 aliphatic carbocycles. The number of benzene rings is 1. The number of aromatic amines is 1. The third kappa shape index (κ3) is 3.51. The molecule has 0 saturated heterocycles. The van der Waals surface area contributed by atoms with Crippen LogP contribution in [0.5, 0.6) is 5.75 Å². The average molecular weight is 279 g/mol. The molecule has 2 aromatic rings. The lowest BCUT2D eigenvalue weighted by molar-refractivity contribution is 0.244. The molecule has 0 atom stereocenters. The summed E-state index contributed by atoms with van der Waals surface area (Å²) in [6, 6.07) is 5.60. The van der Waals surface area contributed by atoms with Gasteiger partial charge >= 0.3 is 4.87 Å². The van der Waals surface area contributed by atoms with Crippen LogP contribution in [-0.2, 0) is 6.54 Å². The molecule has 0 aliphatic rings. The Kier molecular flexibility index (Phi) is 4.11. The Hall–Kier alpha value is -1.95. The van der Waals surface area contributed by atoms with Gasteiger partial charge in [-0.2, -0.15) is 0 Å². The minimum absolute atomic E-state index is 0.0540. The number of hydrogen-bond acceptors (Lipinski definition) is 5. The van der Waals surface area contributed by atoms with Crippen molar-refractivity contribution in [1.82, 2.24) is 4.98 Å². The first kappa shape index (κ1) is 13.5. The van der Waals surface area contributed by atoms with E-state index >= 15 is 0 Å². The summed E-state index contributed by atoms with van der Waals surface area (Å²) in [5.41, 5.74) is 8.26. The molecular formula is C13H17N3O2S. The summed E-state index contributed by atoms with van der Waals surface area (Å²) in [4.78, 5) is 13.7. The molecule has 19 heavy (non-hydrogen) atoms. The van der Waals surface area contributed by atoms with Gasteiger partial charge in [-0.15, -0.1) is 0 Å². The number of ether oxygens (including phenoxy) is 1. The van der Waals surface area contributed by atoms with E-state index in [2.05, 4.69) is 10.3 Å². The molecule has 1 aromatic heterocycles. The van der Waals surface area contributed by atoms with E-state index in [0.29, 0.717) is 18.0 Å². The molecule has 6 heteroatoms. The summed E-state index contributed by atoms with van der Waals surface area (Å²) in [6.07, 6.45) is 0.0748. The first-order chi connectivity index (χ1) is 9.06. The number of H-pyrrole nitrogens is 1. The Morgan fingerprint density at radius 3 is 2.89 bits per heavy atom. The molecule has 0 spiro atoms. The summed E-state index contributed by atoms with van der Waals surface area (Å²) < 4.78 is 5.62. The highest BCUT2D eigenvalue weighted by Crippen LogP contribution is 2.30. The van der Waals surface area contributed by atoms with Gasteiger partial charge in [-0.3, -0.25) is 4.79 Å². The maximum absolute atomic E-state index is 11.0. The van der Waals surface area contributed by atoms with Gasteiger partial charge in [-0.05, 0) is 26.0 Å². The lowest BCUT2D eigenvalue weighted by Gasteiger charge is -2.15. The van der Waals surface area contributed by atoms with Crippen molar-refractivity contribution in [3.63, 3.8) is 0 Å². The second-order valence-electron chi connectivity index (χ2n) is 4.41. The highest BCUT2D eigenvalue weighted by atomic mass is 32.1. The standard InChI is InChI=1S/C13H17N3O2S/c1-8(2)18-11-5-3-4-10(12(11)14)15-6-9-7-19-13(17)16-9/h3-5,7-8,15H,6,14H2,1-2H3,(H,16,17). The van der Waals surface area contributed by atoms with Crippen molar-refractivity contribution in [2.45, 2.75) is 26.5 Å². The molecule has 102 valence electrons. The fourth-order valence-corrected chi connectivity index (χ4v) is 2.23. The number of aromatic nitrogens is 1.